The number of hydrogen-bond acceptors (Lipinski definition) is 6. The highest BCUT2D eigenvalue weighted by Gasteiger charge is 2.51. The number of carbonyl (C=O) groups is 1. The molecule has 5 atom stereocenters. The van der Waals surface area contributed by atoms with Crippen LogP contribution in [0.4, 0.5) is 9.18 Å². The highest BCUT2D eigenvalue weighted by molar-refractivity contribution is 7.98. The van der Waals surface area contributed by atoms with Crippen molar-refractivity contribution in [1.82, 2.24) is 19.4 Å². The lowest BCUT2D eigenvalue weighted by Crippen LogP contribution is -2.35. The van der Waals surface area contributed by atoms with E-state index in [1.807, 2.05) is 29.5 Å². The van der Waals surface area contributed by atoms with Crippen LogP contribution in [0.25, 0.3) is 33.1 Å². The Morgan fingerprint density at radius 1 is 1.10 bits per heavy atom. The van der Waals surface area contributed by atoms with Crippen molar-refractivity contribution in [3.63, 3.8) is 0 Å². The number of fused-ring (bicyclic) bond motifs is 6. The van der Waals surface area contributed by atoms with E-state index in [-0.39, 0.29) is 23.9 Å². The number of aryl methyl sites for hydroxylation is 1. The molecule has 9 heteroatoms. The average molecular weight is 571 g/mol. The van der Waals surface area contributed by atoms with Gasteiger partial charge in [0.2, 0.25) is 0 Å². The quantitative estimate of drug-likeness (QED) is 0.245. The lowest BCUT2D eigenvalue weighted by atomic mass is 9.78. The summed E-state index contributed by atoms with van der Waals surface area (Å²) in [4.78, 5) is 24.5. The number of hydrogen-bond donors (Lipinski definition) is 0. The fraction of sp³-hybridized carbons (Fsp3) is 0.469. The molecule has 41 heavy (non-hydrogen) atoms. The summed E-state index contributed by atoms with van der Waals surface area (Å²) < 4.78 is 30.6. The zero-order chi connectivity index (χ0) is 27.4. The van der Waals surface area contributed by atoms with Crippen LogP contribution < -0.4 is 4.74 Å². The van der Waals surface area contributed by atoms with Gasteiger partial charge in [0.25, 0.3) is 0 Å². The summed E-state index contributed by atoms with van der Waals surface area (Å²) in [5.74, 6) is 1.56. The van der Waals surface area contributed by atoms with Crippen molar-refractivity contribution in [3.05, 3.63) is 47.5 Å². The Labute approximate surface area is 241 Å². The predicted molar refractivity (Wildman–Crippen MR) is 155 cm³/mol. The molecule has 10 rings (SSSR count). The smallest absolute Gasteiger partial charge is 0.410 e. The molecule has 3 saturated carbocycles. The number of para-hydroxylation sites is 1. The van der Waals surface area contributed by atoms with Gasteiger partial charge < -0.3 is 14.0 Å². The van der Waals surface area contributed by atoms with Gasteiger partial charge in [-0.25, -0.2) is 14.2 Å². The van der Waals surface area contributed by atoms with Gasteiger partial charge in [-0.15, -0.1) is 11.8 Å². The fourth-order valence-electron chi connectivity index (χ4n) is 8.54. The number of pyridine rings is 2. The Balaban J connectivity index is 1.30. The highest BCUT2D eigenvalue weighted by atomic mass is 32.2. The Bertz CT molecular complexity index is 1760. The van der Waals surface area contributed by atoms with E-state index in [2.05, 4.69) is 16.7 Å². The molecule has 1 amide bonds. The molecule has 6 aliphatic rings. The molecule has 7 nitrogen and oxygen atoms in total. The molecule has 0 spiro atoms. The van der Waals surface area contributed by atoms with Crippen LogP contribution in [-0.4, -0.2) is 51.0 Å². The number of halogens is 1. The molecule has 3 aliphatic carbocycles. The summed E-state index contributed by atoms with van der Waals surface area (Å²) in [6.45, 7) is 1.09. The third kappa shape index (κ3) is 3.29. The molecule has 3 aliphatic heterocycles. The summed E-state index contributed by atoms with van der Waals surface area (Å²) in [5.41, 5.74) is 4.57. The van der Waals surface area contributed by atoms with Gasteiger partial charge >= 0.3 is 6.09 Å². The second kappa shape index (κ2) is 8.84. The first-order valence-electron chi connectivity index (χ1n) is 14.9. The van der Waals surface area contributed by atoms with E-state index < -0.39 is 5.82 Å². The molecule has 2 bridgehead atoms. The van der Waals surface area contributed by atoms with Crippen LogP contribution in [0.3, 0.4) is 0 Å². The van der Waals surface area contributed by atoms with E-state index in [1.165, 1.54) is 19.3 Å². The van der Waals surface area contributed by atoms with Crippen molar-refractivity contribution in [1.29, 1.82) is 0 Å². The van der Waals surface area contributed by atoms with E-state index in [0.29, 0.717) is 42.2 Å². The molecule has 5 fully saturated rings. The first-order valence-corrected chi connectivity index (χ1v) is 16.1. The normalized spacial score (nSPS) is 28.1. The van der Waals surface area contributed by atoms with Crippen molar-refractivity contribution >= 4 is 39.7 Å². The summed E-state index contributed by atoms with van der Waals surface area (Å²) in [7, 11) is 0. The minimum absolute atomic E-state index is 0.0442. The lowest BCUT2D eigenvalue weighted by Gasteiger charge is -2.40. The first-order chi connectivity index (χ1) is 20.1. The van der Waals surface area contributed by atoms with Crippen molar-refractivity contribution < 1.29 is 18.7 Å². The van der Waals surface area contributed by atoms with Crippen LogP contribution >= 0.6 is 11.8 Å². The topological polar surface area (TPSA) is 69.5 Å². The second-order valence-electron chi connectivity index (χ2n) is 12.3. The monoisotopic (exact) mass is 570 g/mol. The Kier molecular flexibility index (Phi) is 5.23. The second-order valence-corrected chi connectivity index (χ2v) is 13.1. The number of aromatic nitrogens is 3. The predicted octanol–water partition coefficient (Wildman–Crippen LogP) is 7.06. The number of nitrogens with zero attached hydrogens (tertiary/aromatic N) is 4. The van der Waals surface area contributed by atoms with Gasteiger partial charge in [0.15, 0.2) is 5.82 Å². The van der Waals surface area contributed by atoms with Gasteiger partial charge in [-0.1, -0.05) is 12.1 Å². The van der Waals surface area contributed by atoms with Gasteiger partial charge in [-0.3, -0.25) is 9.88 Å². The fourth-order valence-corrected chi connectivity index (χ4v) is 9.10. The SMILES string of the molecule is CSc1nc2c(F)c(-c3cccc4c3OCCC4)ncc2c2c1cc(C1CC[C@H]3COC(=O)N13)n2[C@@H]1[C@@H]2CC[C@H]1C2. The van der Waals surface area contributed by atoms with E-state index in [0.717, 1.165) is 64.0 Å². The molecular formula is C32H31FN4O3S. The number of amides is 1. The van der Waals surface area contributed by atoms with Gasteiger partial charge in [-0.2, -0.15) is 0 Å². The average Bonchev–Trinajstić information content (AvgIpc) is 3.81. The molecule has 2 saturated heterocycles. The number of carbonyl (C=O) groups excluding carboxylic acids is 1. The Hall–Kier alpha value is -3.33. The van der Waals surface area contributed by atoms with E-state index in [1.54, 1.807) is 11.8 Å². The number of ether oxygens (including phenoxy) is 2. The van der Waals surface area contributed by atoms with E-state index in [9.17, 15) is 4.79 Å². The van der Waals surface area contributed by atoms with E-state index >= 15 is 4.39 Å². The molecule has 210 valence electrons. The van der Waals surface area contributed by atoms with Crippen LogP contribution in [0.2, 0.25) is 0 Å². The summed E-state index contributed by atoms with van der Waals surface area (Å²) >= 11 is 1.54. The van der Waals surface area contributed by atoms with Gasteiger partial charge in [-0.05, 0) is 80.7 Å². The van der Waals surface area contributed by atoms with E-state index in [4.69, 9.17) is 19.4 Å². The largest absolute Gasteiger partial charge is 0.493 e. The maximum Gasteiger partial charge on any atom is 0.410 e. The summed E-state index contributed by atoms with van der Waals surface area (Å²) in [5, 5.41) is 2.57. The van der Waals surface area contributed by atoms with Crippen molar-refractivity contribution in [2.75, 3.05) is 19.5 Å². The number of cyclic esters (lactones) is 1. The van der Waals surface area contributed by atoms with Crippen molar-refractivity contribution in [2.24, 2.45) is 11.8 Å². The maximum atomic E-state index is 16.6. The third-order valence-corrected chi connectivity index (χ3v) is 11.1. The molecule has 6 heterocycles. The summed E-state index contributed by atoms with van der Waals surface area (Å²) in [6, 6.07) is 8.59. The summed E-state index contributed by atoms with van der Waals surface area (Å²) in [6.07, 6.45) is 11.0. The van der Waals surface area contributed by atoms with Crippen LogP contribution in [0, 0.1) is 17.7 Å². The number of thioether (sulfide) groups is 1. The van der Waals surface area contributed by atoms with Crippen molar-refractivity contribution in [3.8, 4) is 17.0 Å². The van der Waals surface area contributed by atoms with Crippen LogP contribution in [-0.2, 0) is 11.2 Å². The zero-order valence-corrected chi connectivity index (χ0v) is 23.8. The molecule has 0 N–H and O–H groups in total. The molecule has 1 unspecified atom stereocenters. The third-order valence-electron chi connectivity index (χ3n) is 10.4. The molecule has 3 aromatic heterocycles. The standard InChI is InChI=1S/C32H31FN4O3S/c1-41-31-21-13-24(23-10-9-19-15-40-32(38)36(19)23)37(28-17-7-8-18(28)12-17)29(21)22-14-34-26(25(33)27(22)35-31)20-6-2-4-16-5-3-11-39-30(16)20/h2,4,6,13-14,17-19,23,28H,3,5,7-12,15H2,1H3/t17-,18+,19-,23?,28-/m0/s1. The van der Waals surface area contributed by atoms with Crippen LogP contribution in [0.1, 0.15) is 61.9 Å². The maximum absolute atomic E-state index is 16.6. The molecular weight excluding hydrogens is 539 g/mol. The van der Waals surface area contributed by atoms with Gasteiger partial charge in [0.1, 0.15) is 28.6 Å². The van der Waals surface area contributed by atoms with Gasteiger partial charge in [0, 0.05) is 34.3 Å². The Morgan fingerprint density at radius 3 is 2.80 bits per heavy atom. The number of rotatable bonds is 4. The molecule has 0 radical (unpaired) electrons. The first kappa shape index (κ1) is 24.3. The van der Waals surface area contributed by atoms with Crippen LogP contribution in [0.5, 0.6) is 5.75 Å². The highest BCUT2D eigenvalue weighted by Crippen LogP contribution is 2.59. The van der Waals surface area contributed by atoms with Crippen LogP contribution in [0.15, 0.2) is 35.5 Å². The molecule has 1 aromatic carbocycles. The van der Waals surface area contributed by atoms with Crippen molar-refractivity contribution in [2.45, 2.75) is 68.1 Å². The number of benzene rings is 1. The zero-order valence-electron chi connectivity index (χ0n) is 22.9. The minimum Gasteiger partial charge on any atom is -0.493 e. The molecule has 4 aromatic rings. The Morgan fingerprint density at radius 2 is 1.98 bits per heavy atom. The van der Waals surface area contributed by atoms with Gasteiger partial charge in [0.05, 0.1) is 24.2 Å². The minimum atomic E-state index is -0.405. The lowest BCUT2D eigenvalue weighted by molar-refractivity contribution is 0.140.